The maximum atomic E-state index is 11.1. The van der Waals surface area contributed by atoms with E-state index in [1.165, 1.54) is 7.11 Å². The summed E-state index contributed by atoms with van der Waals surface area (Å²) >= 11 is 7.82. The third kappa shape index (κ3) is 2.47. The monoisotopic (exact) mass is 311 g/mol. The van der Waals surface area contributed by atoms with Crippen LogP contribution in [0.25, 0.3) is 0 Å². The molecule has 0 unspecified atom stereocenters. The van der Waals surface area contributed by atoms with E-state index < -0.39 is 5.97 Å². The number of carbonyl (C=O) groups is 1. The Hall–Kier alpha value is -0.490. The number of hydrogen-bond acceptors (Lipinski definition) is 3. The summed E-state index contributed by atoms with van der Waals surface area (Å²) in [7, 11) is 1.32. The van der Waals surface area contributed by atoms with Crippen LogP contribution in [0, 0.1) is 0 Å². The van der Waals surface area contributed by atoms with Crippen molar-refractivity contribution in [2.75, 3.05) is 10.6 Å². The maximum absolute atomic E-state index is 11.1. The molecule has 0 aliphatic rings. The van der Waals surface area contributed by atoms with E-state index in [0.717, 1.165) is 5.69 Å². The average molecular weight is 312 g/mol. The van der Waals surface area contributed by atoms with Crippen LogP contribution >= 0.6 is 34.5 Å². The van der Waals surface area contributed by atoms with Crippen LogP contribution in [0.5, 0.6) is 0 Å². The molecule has 0 spiro atoms. The average Bonchev–Trinajstić information content (AvgIpc) is 2.16. The molecule has 1 aromatic carbocycles. The molecule has 0 bridgehead atoms. The molecule has 1 aromatic rings. The van der Waals surface area contributed by atoms with E-state index in [0.29, 0.717) is 10.6 Å². The number of anilines is 1. The summed E-state index contributed by atoms with van der Waals surface area (Å²) in [6.07, 6.45) is 0. The third-order valence-corrected chi connectivity index (χ3v) is 2.42. The molecule has 1 N–H and O–H groups in total. The lowest BCUT2D eigenvalue weighted by molar-refractivity contribution is 0.0601. The van der Waals surface area contributed by atoms with Crippen LogP contribution in [0.2, 0.25) is 5.02 Å². The summed E-state index contributed by atoms with van der Waals surface area (Å²) < 4.78 is 7.43. The molecule has 0 amide bonds. The number of carbonyl (C=O) groups excluding carboxylic acids is 1. The Morgan fingerprint density at radius 1 is 1.62 bits per heavy atom. The van der Waals surface area contributed by atoms with Gasteiger partial charge in [-0.3, -0.25) is 0 Å². The van der Waals surface area contributed by atoms with Crippen LogP contribution < -0.4 is 3.53 Å². The molecule has 0 saturated carbocycles. The topological polar surface area (TPSA) is 38.3 Å². The number of methoxy groups -OCH3 is 1. The van der Waals surface area contributed by atoms with Crippen molar-refractivity contribution in [2.45, 2.75) is 0 Å². The zero-order chi connectivity index (χ0) is 9.84. The van der Waals surface area contributed by atoms with Crippen LogP contribution in [0.4, 0.5) is 5.69 Å². The quantitative estimate of drug-likeness (QED) is 0.518. The fourth-order valence-corrected chi connectivity index (χ4v) is 1.44. The number of ether oxygens (including phenoxy) is 1. The second-order valence-corrected chi connectivity index (χ2v) is 3.23. The number of halogens is 2. The second-order valence-electron chi connectivity index (χ2n) is 2.28. The van der Waals surface area contributed by atoms with Gasteiger partial charge in [0.05, 0.1) is 40.6 Å². The molecule has 0 fully saturated rings. The molecular weight excluding hydrogens is 304 g/mol. The van der Waals surface area contributed by atoms with Crippen LogP contribution in [0.15, 0.2) is 18.2 Å². The molecule has 3 nitrogen and oxygen atoms in total. The van der Waals surface area contributed by atoms with Crippen molar-refractivity contribution >= 4 is 46.1 Å². The lowest BCUT2D eigenvalue weighted by atomic mass is 10.2. The van der Waals surface area contributed by atoms with E-state index in [9.17, 15) is 4.79 Å². The van der Waals surface area contributed by atoms with E-state index in [2.05, 4.69) is 8.27 Å². The van der Waals surface area contributed by atoms with Gasteiger partial charge in [-0.15, -0.1) is 0 Å². The van der Waals surface area contributed by atoms with Crippen LogP contribution in [0.1, 0.15) is 10.4 Å². The van der Waals surface area contributed by atoms with Crippen molar-refractivity contribution < 1.29 is 9.53 Å². The number of nitrogens with one attached hydrogen (secondary N) is 1. The highest BCUT2D eigenvalue weighted by molar-refractivity contribution is 14.1. The fourth-order valence-electron chi connectivity index (χ4n) is 0.849. The van der Waals surface area contributed by atoms with E-state index in [-0.39, 0.29) is 0 Å². The molecule has 70 valence electrons. The molecule has 0 atom stereocenters. The number of hydrogen-bond donors (Lipinski definition) is 1. The molecule has 0 aromatic heterocycles. The van der Waals surface area contributed by atoms with Crippen LogP contribution in [-0.4, -0.2) is 13.1 Å². The summed E-state index contributed by atoms with van der Waals surface area (Å²) in [6.45, 7) is 0. The van der Waals surface area contributed by atoms with Gasteiger partial charge in [0.1, 0.15) is 0 Å². The predicted molar refractivity (Wildman–Crippen MR) is 60.4 cm³/mol. The zero-order valence-electron chi connectivity index (χ0n) is 6.80. The molecular formula is C8H7ClINO2. The minimum atomic E-state index is -0.426. The molecule has 0 aliphatic carbocycles. The summed E-state index contributed by atoms with van der Waals surface area (Å²) in [5, 5.41) is 0.383. The van der Waals surface area contributed by atoms with Crippen molar-refractivity contribution in [1.82, 2.24) is 0 Å². The van der Waals surface area contributed by atoms with Gasteiger partial charge in [-0.2, -0.15) is 0 Å². The van der Waals surface area contributed by atoms with Gasteiger partial charge in [0.15, 0.2) is 0 Å². The highest BCUT2D eigenvalue weighted by atomic mass is 127. The van der Waals surface area contributed by atoms with Crippen molar-refractivity contribution in [2.24, 2.45) is 0 Å². The van der Waals surface area contributed by atoms with E-state index in [4.69, 9.17) is 11.6 Å². The predicted octanol–water partition coefficient (Wildman–Crippen LogP) is 2.89. The number of esters is 1. The highest BCUT2D eigenvalue weighted by Crippen LogP contribution is 2.22. The Morgan fingerprint density at radius 3 is 2.77 bits per heavy atom. The van der Waals surface area contributed by atoms with Gasteiger partial charge < -0.3 is 8.27 Å². The first kappa shape index (κ1) is 10.6. The van der Waals surface area contributed by atoms with Gasteiger partial charge in [-0.25, -0.2) is 4.79 Å². The van der Waals surface area contributed by atoms with Gasteiger partial charge in [-0.05, 0) is 18.2 Å². The van der Waals surface area contributed by atoms with Crippen LogP contribution in [0.3, 0.4) is 0 Å². The fraction of sp³-hybridized carbons (Fsp3) is 0.125. The zero-order valence-corrected chi connectivity index (χ0v) is 9.72. The highest BCUT2D eigenvalue weighted by Gasteiger charge is 2.10. The van der Waals surface area contributed by atoms with Crippen molar-refractivity contribution in [3.63, 3.8) is 0 Å². The molecule has 1 rings (SSSR count). The van der Waals surface area contributed by atoms with Gasteiger partial charge in [0.2, 0.25) is 0 Å². The standard InChI is InChI=1S/C8H7ClINO2/c1-13-8(12)6-3-2-5(11-10)4-7(6)9/h2-4,11H,1H3. The first-order valence-electron chi connectivity index (χ1n) is 3.43. The van der Waals surface area contributed by atoms with Crippen molar-refractivity contribution in [3.05, 3.63) is 28.8 Å². The first-order valence-corrected chi connectivity index (χ1v) is 4.89. The van der Waals surface area contributed by atoms with Gasteiger partial charge >= 0.3 is 5.97 Å². The SMILES string of the molecule is COC(=O)c1ccc(NI)cc1Cl. The maximum Gasteiger partial charge on any atom is 0.339 e. The van der Waals surface area contributed by atoms with Gasteiger partial charge in [-0.1, -0.05) is 11.6 Å². The third-order valence-electron chi connectivity index (χ3n) is 1.48. The van der Waals surface area contributed by atoms with E-state index in [1.807, 2.05) is 22.9 Å². The number of benzene rings is 1. The summed E-state index contributed by atoms with van der Waals surface area (Å²) in [6, 6.07) is 5.04. The molecule has 0 aliphatic heterocycles. The largest absolute Gasteiger partial charge is 0.465 e. The Labute approximate surface area is 94.9 Å². The minimum absolute atomic E-state index is 0.375. The normalized spacial score (nSPS) is 9.46. The Morgan fingerprint density at radius 2 is 2.31 bits per heavy atom. The van der Waals surface area contributed by atoms with Crippen LogP contribution in [-0.2, 0) is 4.74 Å². The molecule has 5 heteroatoms. The molecule has 0 heterocycles. The molecule has 0 saturated heterocycles. The molecule has 13 heavy (non-hydrogen) atoms. The second kappa shape index (κ2) is 4.66. The van der Waals surface area contributed by atoms with E-state index >= 15 is 0 Å². The van der Waals surface area contributed by atoms with Gasteiger partial charge in [0, 0.05) is 5.69 Å². The molecule has 0 radical (unpaired) electrons. The Kier molecular flexibility index (Phi) is 3.80. The first-order chi connectivity index (χ1) is 6.19. The van der Waals surface area contributed by atoms with E-state index in [1.54, 1.807) is 18.2 Å². The smallest absolute Gasteiger partial charge is 0.339 e. The minimum Gasteiger partial charge on any atom is -0.465 e. The van der Waals surface area contributed by atoms with Gasteiger partial charge in [0.25, 0.3) is 0 Å². The number of rotatable bonds is 2. The summed E-state index contributed by atoms with van der Waals surface area (Å²) in [4.78, 5) is 11.1. The summed E-state index contributed by atoms with van der Waals surface area (Å²) in [5.41, 5.74) is 1.22. The lowest BCUT2D eigenvalue weighted by Gasteiger charge is -2.03. The lowest BCUT2D eigenvalue weighted by Crippen LogP contribution is -2.01. The Bertz CT molecular complexity index is 330. The van der Waals surface area contributed by atoms with Crippen molar-refractivity contribution in [3.8, 4) is 0 Å². The summed E-state index contributed by atoms with van der Waals surface area (Å²) in [5.74, 6) is -0.426. The Balaban J connectivity index is 3.05. The van der Waals surface area contributed by atoms with Crippen molar-refractivity contribution in [1.29, 1.82) is 0 Å².